The number of anilines is 1. The van der Waals surface area contributed by atoms with Gasteiger partial charge in [-0.05, 0) is 55.7 Å². The third-order valence-corrected chi connectivity index (χ3v) is 7.20. The Kier molecular flexibility index (Phi) is 7.40. The molecule has 3 rings (SSSR count). The fourth-order valence-corrected chi connectivity index (χ4v) is 4.64. The van der Waals surface area contributed by atoms with Crippen LogP contribution < -0.4 is 10.6 Å². The number of sulfonamides is 1. The van der Waals surface area contributed by atoms with Crippen molar-refractivity contribution < 1.29 is 22.4 Å². The van der Waals surface area contributed by atoms with Crippen LogP contribution >= 0.6 is 0 Å². The summed E-state index contributed by atoms with van der Waals surface area (Å²) in [4.78, 5) is 24.8. The van der Waals surface area contributed by atoms with Gasteiger partial charge in [0.2, 0.25) is 15.9 Å². The maximum atomic E-state index is 13.3. The summed E-state index contributed by atoms with van der Waals surface area (Å²) in [6.07, 6.45) is 0.990. The molecule has 1 heterocycles. The number of rotatable bonds is 7. The first-order chi connectivity index (χ1) is 14.8. The van der Waals surface area contributed by atoms with Crippen LogP contribution in [0.5, 0.6) is 0 Å². The van der Waals surface area contributed by atoms with Crippen LogP contribution in [0.4, 0.5) is 10.1 Å². The first-order valence-electron chi connectivity index (χ1n) is 10.2. The van der Waals surface area contributed by atoms with Crippen LogP contribution in [-0.4, -0.2) is 43.4 Å². The number of carbonyl (C=O) groups is 2. The molecular weight excluding hydrogens is 421 g/mol. The maximum absolute atomic E-state index is 13.3. The van der Waals surface area contributed by atoms with E-state index in [-0.39, 0.29) is 29.7 Å². The van der Waals surface area contributed by atoms with E-state index in [9.17, 15) is 22.4 Å². The second-order valence-electron chi connectivity index (χ2n) is 7.46. The number of carbonyl (C=O) groups excluding carboxylic acids is 2. The number of piperidine rings is 1. The predicted octanol–water partition coefficient (Wildman–Crippen LogP) is 2.76. The van der Waals surface area contributed by atoms with Gasteiger partial charge in [0.05, 0.1) is 5.75 Å². The highest BCUT2D eigenvalue weighted by atomic mass is 32.2. The van der Waals surface area contributed by atoms with Crippen LogP contribution in [0, 0.1) is 11.7 Å². The lowest BCUT2D eigenvalue weighted by Crippen LogP contribution is -2.43. The lowest BCUT2D eigenvalue weighted by Gasteiger charge is -2.30. The third kappa shape index (κ3) is 6.11. The minimum atomic E-state index is -3.22. The molecule has 9 heteroatoms. The summed E-state index contributed by atoms with van der Waals surface area (Å²) < 4.78 is 38.6. The van der Waals surface area contributed by atoms with Gasteiger partial charge < -0.3 is 10.6 Å². The summed E-state index contributed by atoms with van der Waals surface area (Å²) in [5.41, 5.74) is 1.56. The molecule has 0 unspecified atom stereocenters. The molecule has 1 aliphatic heterocycles. The lowest BCUT2D eigenvalue weighted by molar-refractivity contribution is -0.126. The summed E-state index contributed by atoms with van der Waals surface area (Å²) in [5.74, 6) is -1.17. The zero-order chi connectivity index (χ0) is 22.4. The molecule has 31 heavy (non-hydrogen) atoms. The summed E-state index contributed by atoms with van der Waals surface area (Å²) in [5, 5.41) is 5.61. The number of nitrogens with zero attached hydrogens (tertiary/aromatic N) is 1. The fraction of sp³-hybridized carbons (Fsp3) is 0.364. The Morgan fingerprint density at radius 1 is 1.10 bits per heavy atom. The molecule has 0 spiro atoms. The Hall–Kier alpha value is -2.78. The molecule has 0 saturated carbocycles. The molecule has 1 fully saturated rings. The van der Waals surface area contributed by atoms with Crippen LogP contribution in [-0.2, 0) is 21.4 Å². The molecule has 0 aromatic heterocycles. The average molecular weight is 448 g/mol. The third-order valence-electron chi connectivity index (χ3n) is 5.32. The number of nitrogens with one attached hydrogen (secondary N) is 2. The van der Waals surface area contributed by atoms with Gasteiger partial charge in [-0.1, -0.05) is 18.2 Å². The van der Waals surface area contributed by atoms with Crippen molar-refractivity contribution in [2.75, 3.05) is 24.2 Å². The first kappa shape index (κ1) is 22.9. The van der Waals surface area contributed by atoms with Crippen LogP contribution in [0.1, 0.15) is 35.7 Å². The number of hydrogen-bond donors (Lipinski definition) is 2. The summed E-state index contributed by atoms with van der Waals surface area (Å²) in [6, 6.07) is 12.5. The lowest BCUT2D eigenvalue weighted by atomic mass is 9.97. The van der Waals surface area contributed by atoms with E-state index in [0.29, 0.717) is 31.6 Å². The van der Waals surface area contributed by atoms with Crippen molar-refractivity contribution in [3.05, 3.63) is 65.5 Å². The predicted molar refractivity (Wildman–Crippen MR) is 116 cm³/mol. The molecule has 0 radical (unpaired) electrons. The Labute approximate surface area is 181 Å². The highest BCUT2D eigenvalue weighted by Crippen LogP contribution is 2.20. The van der Waals surface area contributed by atoms with Gasteiger partial charge in [0, 0.05) is 36.8 Å². The van der Waals surface area contributed by atoms with Gasteiger partial charge in [-0.3, -0.25) is 9.59 Å². The topological polar surface area (TPSA) is 95.6 Å². The monoisotopic (exact) mass is 447 g/mol. The molecule has 2 amide bonds. The summed E-state index contributed by atoms with van der Waals surface area (Å²) in [6.45, 7) is 2.62. The molecule has 7 nitrogen and oxygen atoms in total. The number of hydrogen-bond acceptors (Lipinski definition) is 4. The van der Waals surface area contributed by atoms with Gasteiger partial charge in [-0.2, -0.15) is 0 Å². The number of amides is 2. The molecule has 0 atom stereocenters. The Bertz CT molecular complexity index is 1050. The van der Waals surface area contributed by atoms with Gasteiger partial charge in [0.1, 0.15) is 5.82 Å². The zero-order valence-electron chi connectivity index (χ0n) is 17.3. The van der Waals surface area contributed by atoms with Crippen molar-refractivity contribution >= 4 is 27.5 Å². The number of halogens is 1. The van der Waals surface area contributed by atoms with Crippen LogP contribution in [0.3, 0.4) is 0 Å². The minimum absolute atomic E-state index is 0.0654. The second kappa shape index (κ2) is 10.0. The van der Waals surface area contributed by atoms with Crippen molar-refractivity contribution in [1.29, 1.82) is 0 Å². The summed E-state index contributed by atoms with van der Waals surface area (Å²) in [7, 11) is -3.22. The highest BCUT2D eigenvalue weighted by molar-refractivity contribution is 7.89. The van der Waals surface area contributed by atoms with E-state index in [1.165, 1.54) is 22.5 Å². The van der Waals surface area contributed by atoms with E-state index < -0.39 is 21.7 Å². The molecule has 1 saturated heterocycles. The van der Waals surface area contributed by atoms with E-state index in [1.54, 1.807) is 25.1 Å². The van der Waals surface area contributed by atoms with Crippen LogP contribution in [0.15, 0.2) is 48.5 Å². The van der Waals surface area contributed by atoms with Crippen LogP contribution in [0.2, 0.25) is 0 Å². The van der Waals surface area contributed by atoms with E-state index in [1.807, 2.05) is 6.07 Å². The molecule has 0 aliphatic carbocycles. The van der Waals surface area contributed by atoms with E-state index in [2.05, 4.69) is 10.6 Å². The fourth-order valence-electron chi connectivity index (χ4n) is 3.50. The largest absolute Gasteiger partial charge is 0.352 e. The normalized spacial score (nSPS) is 15.4. The van der Waals surface area contributed by atoms with Gasteiger partial charge in [-0.25, -0.2) is 17.1 Å². The van der Waals surface area contributed by atoms with Gasteiger partial charge in [0.15, 0.2) is 0 Å². The maximum Gasteiger partial charge on any atom is 0.255 e. The van der Waals surface area contributed by atoms with Crippen molar-refractivity contribution in [3.8, 4) is 0 Å². The van der Waals surface area contributed by atoms with Gasteiger partial charge >= 0.3 is 0 Å². The first-order valence-corrected chi connectivity index (χ1v) is 11.8. The Balaban J connectivity index is 1.52. The van der Waals surface area contributed by atoms with Crippen LogP contribution in [0.25, 0.3) is 0 Å². The van der Waals surface area contributed by atoms with Gasteiger partial charge in [0.25, 0.3) is 5.91 Å². The molecule has 1 aliphatic rings. The number of benzene rings is 2. The standard InChI is InChI=1S/C22H26FN3O4S/c1-2-31(29,30)26-11-9-17(10-12-26)21(27)24-15-16-5-3-8-20(13-16)25-22(28)18-6-4-7-19(23)14-18/h3-8,13-14,17H,2,9-12,15H2,1H3,(H,24,27)(H,25,28). The molecule has 2 aromatic carbocycles. The highest BCUT2D eigenvalue weighted by Gasteiger charge is 2.29. The molecular formula is C22H26FN3O4S. The van der Waals surface area contributed by atoms with Crippen molar-refractivity contribution in [2.45, 2.75) is 26.3 Å². The van der Waals surface area contributed by atoms with E-state index >= 15 is 0 Å². The average Bonchev–Trinajstić information content (AvgIpc) is 2.78. The molecule has 2 aromatic rings. The molecule has 0 bridgehead atoms. The SMILES string of the molecule is CCS(=O)(=O)N1CCC(C(=O)NCc2cccc(NC(=O)c3cccc(F)c3)c2)CC1. The smallest absolute Gasteiger partial charge is 0.255 e. The van der Waals surface area contributed by atoms with E-state index in [0.717, 1.165) is 11.6 Å². The van der Waals surface area contributed by atoms with Crippen molar-refractivity contribution in [2.24, 2.45) is 5.92 Å². The Morgan fingerprint density at radius 3 is 2.48 bits per heavy atom. The van der Waals surface area contributed by atoms with E-state index in [4.69, 9.17) is 0 Å². The quantitative estimate of drug-likeness (QED) is 0.682. The zero-order valence-corrected chi connectivity index (χ0v) is 18.1. The van der Waals surface area contributed by atoms with Gasteiger partial charge in [-0.15, -0.1) is 0 Å². The summed E-state index contributed by atoms with van der Waals surface area (Å²) >= 11 is 0. The van der Waals surface area contributed by atoms with Crippen molar-refractivity contribution in [3.63, 3.8) is 0 Å². The Morgan fingerprint density at radius 2 is 1.81 bits per heavy atom. The molecule has 2 N–H and O–H groups in total. The second-order valence-corrected chi connectivity index (χ2v) is 9.71. The van der Waals surface area contributed by atoms with Crippen molar-refractivity contribution in [1.82, 2.24) is 9.62 Å². The molecule has 166 valence electrons. The minimum Gasteiger partial charge on any atom is -0.352 e.